The molecule has 30 heavy (non-hydrogen) atoms. The quantitative estimate of drug-likeness (QED) is 0.669. The van der Waals surface area contributed by atoms with Gasteiger partial charge in [0, 0.05) is 36.3 Å². The van der Waals surface area contributed by atoms with Gasteiger partial charge in [0.05, 0.1) is 23.7 Å². The third kappa shape index (κ3) is 4.07. The first kappa shape index (κ1) is 19.7. The molecule has 0 saturated heterocycles. The first-order valence-electron chi connectivity index (χ1n) is 9.34. The third-order valence-corrected chi connectivity index (χ3v) is 5.16. The van der Waals surface area contributed by atoms with E-state index in [1.165, 1.54) is 6.07 Å². The van der Waals surface area contributed by atoms with E-state index < -0.39 is 0 Å². The fourth-order valence-electron chi connectivity index (χ4n) is 3.45. The second-order valence-corrected chi connectivity index (χ2v) is 7.52. The molecule has 0 fully saturated rings. The van der Waals surface area contributed by atoms with Crippen LogP contribution in [0.4, 0.5) is 0 Å². The van der Waals surface area contributed by atoms with Crippen molar-refractivity contribution in [1.29, 1.82) is 5.26 Å². The van der Waals surface area contributed by atoms with E-state index in [2.05, 4.69) is 15.2 Å². The number of rotatable bonds is 4. The number of amides is 1. The Morgan fingerprint density at radius 1 is 1.37 bits per heavy atom. The van der Waals surface area contributed by atoms with Gasteiger partial charge in [-0.05, 0) is 30.7 Å². The molecule has 8 nitrogen and oxygen atoms in total. The molecule has 2 N–H and O–H groups in total. The normalized spacial score (nSPS) is 12.9. The van der Waals surface area contributed by atoms with Crippen molar-refractivity contribution in [3.63, 3.8) is 0 Å². The number of hydrogen-bond acceptors (Lipinski definition) is 5. The van der Waals surface area contributed by atoms with E-state index in [9.17, 15) is 9.59 Å². The van der Waals surface area contributed by atoms with E-state index in [4.69, 9.17) is 21.6 Å². The number of nitrogens with zero attached hydrogens (tertiary/aromatic N) is 3. The maximum absolute atomic E-state index is 12.9. The van der Waals surface area contributed by atoms with Gasteiger partial charge in [-0.3, -0.25) is 14.7 Å². The number of ether oxygens (including phenoxy) is 1. The zero-order valence-electron chi connectivity index (χ0n) is 16.2. The summed E-state index contributed by atoms with van der Waals surface area (Å²) >= 11 is 6.05. The molecule has 0 radical (unpaired) electrons. The molecule has 1 aromatic carbocycles. The largest absolute Gasteiger partial charge is 0.453 e. The summed E-state index contributed by atoms with van der Waals surface area (Å²) in [6.45, 7) is 2.75. The second kappa shape index (κ2) is 8.05. The summed E-state index contributed by atoms with van der Waals surface area (Å²) < 4.78 is 5.92. The van der Waals surface area contributed by atoms with Crippen LogP contribution < -0.4 is 10.3 Å². The summed E-state index contributed by atoms with van der Waals surface area (Å²) in [6.07, 6.45) is 0.656. The van der Waals surface area contributed by atoms with E-state index in [1.807, 2.05) is 6.07 Å². The first-order valence-corrected chi connectivity index (χ1v) is 9.72. The Kier molecular flexibility index (Phi) is 5.29. The van der Waals surface area contributed by atoms with Crippen molar-refractivity contribution in [2.45, 2.75) is 26.3 Å². The van der Waals surface area contributed by atoms with Gasteiger partial charge in [-0.15, -0.1) is 0 Å². The van der Waals surface area contributed by atoms with Gasteiger partial charge in [0.2, 0.25) is 11.5 Å². The minimum Gasteiger partial charge on any atom is -0.453 e. The van der Waals surface area contributed by atoms with E-state index >= 15 is 0 Å². The summed E-state index contributed by atoms with van der Waals surface area (Å²) in [5.74, 6) is 0.747. The second-order valence-electron chi connectivity index (χ2n) is 7.08. The first-order chi connectivity index (χ1) is 14.4. The van der Waals surface area contributed by atoms with Crippen molar-refractivity contribution >= 4 is 17.5 Å². The lowest BCUT2D eigenvalue weighted by Gasteiger charge is -2.28. The Labute approximate surface area is 177 Å². The molecule has 1 aliphatic rings. The zero-order chi connectivity index (χ0) is 21.3. The lowest BCUT2D eigenvalue weighted by atomic mass is 10.1. The Morgan fingerprint density at radius 3 is 3.00 bits per heavy atom. The molecule has 0 spiro atoms. The number of aromatic nitrogens is 3. The lowest BCUT2D eigenvalue weighted by molar-refractivity contribution is -0.131. The van der Waals surface area contributed by atoms with Crippen LogP contribution in [0, 0.1) is 18.3 Å². The van der Waals surface area contributed by atoms with Crippen molar-refractivity contribution in [1.82, 2.24) is 20.1 Å². The number of pyridine rings is 1. The van der Waals surface area contributed by atoms with Crippen LogP contribution in [0.15, 0.2) is 35.1 Å². The number of carbonyl (C=O) groups is 1. The lowest BCUT2D eigenvalue weighted by Crippen LogP contribution is -2.38. The standard InChI is InChI=1S/C21H18ClN5O3/c1-12-21(30-16-7-13(10-23)6-15(22)8-16)18(26-25-12)9-20(29)27-5-4-17-14(11-27)2-3-19(28)24-17/h2-3,6-8H,4-5,9,11H2,1H3,(H,24,28)(H,25,26). The number of nitrogens with one attached hydrogen (secondary N) is 2. The molecule has 4 rings (SSSR count). The van der Waals surface area contributed by atoms with Crippen LogP contribution in [0.25, 0.3) is 0 Å². The molecule has 0 aliphatic carbocycles. The average Bonchev–Trinajstić information content (AvgIpc) is 3.06. The van der Waals surface area contributed by atoms with Crippen LogP contribution >= 0.6 is 11.6 Å². The van der Waals surface area contributed by atoms with Crippen LogP contribution in [0.2, 0.25) is 5.02 Å². The van der Waals surface area contributed by atoms with Gasteiger partial charge in [0.1, 0.15) is 11.4 Å². The topological polar surface area (TPSA) is 115 Å². The number of fused-ring (bicyclic) bond motifs is 1. The molecule has 1 aliphatic heterocycles. The summed E-state index contributed by atoms with van der Waals surface area (Å²) in [4.78, 5) is 28.9. The van der Waals surface area contributed by atoms with Gasteiger partial charge >= 0.3 is 0 Å². The monoisotopic (exact) mass is 423 g/mol. The van der Waals surface area contributed by atoms with E-state index in [0.717, 1.165) is 11.3 Å². The maximum atomic E-state index is 12.9. The Bertz CT molecular complexity index is 1220. The summed E-state index contributed by atoms with van der Waals surface area (Å²) in [5.41, 5.74) is 3.19. The average molecular weight is 424 g/mol. The molecule has 152 valence electrons. The highest BCUT2D eigenvalue weighted by atomic mass is 35.5. The predicted octanol–water partition coefficient (Wildman–Crippen LogP) is 2.85. The van der Waals surface area contributed by atoms with Crippen LogP contribution in [0.5, 0.6) is 11.5 Å². The van der Waals surface area contributed by atoms with Gasteiger partial charge in [-0.1, -0.05) is 17.7 Å². The summed E-state index contributed by atoms with van der Waals surface area (Å²) in [7, 11) is 0. The van der Waals surface area contributed by atoms with Crippen molar-refractivity contribution in [3.05, 3.63) is 73.9 Å². The number of carbonyl (C=O) groups excluding carboxylic acids is 1. The fraction of sp³-hybridized carbons (Fsp3) is 0.238. The number of hydrogen-bond donors (Lipinski definition) is 2. The van der Waals surface area contributed by atoms with Crippen molar-refractivity contribution < 1.29 is 9.53 Å². The molecule has 0 atom stereocenters. The molecule has 3 heterocycles. The molecular formula is C21H18ClN5O3. The van der Waals surface area contributed by atoms with Gasteiger partial charge in [-0.2, -0.15) is 10.4 Å². The molecule has 0 unspecified atom stereocenters. The summed E-state index contributed by atoms with van der Waals surface area (Å²) in [6, 6.07) is 9.98. The maximum Gasteiger partial charge on any atom is 0.248 e. The smallest absolute Gasteiger partial charge is 0.248 e. The number of benzene rings is 1. The highest BCUT2D eigenvalue weighted by Gasteiger charge is 2.24. The van der Waals surface area contributed by atoms with E-state index in [1.54, 1.807) is 36.1 Å². The minimum atomic E-state index is -0.136. The zero-order valence-corrected chi connectivity index (χ0v) is 16.9. The van der Waals surface area contributed by atoms with Gasteiger partial charge in [0.25, 0.3) is 0 Å². The van der Waals surface area contributed by atoms with Gasteiger partial charge in [-0.25, -0.2) is 0 Å². The molecule has 1 amide bonds. The summed E-state index contributed by atoms with van der Waals surface area (Å²) in [5, 5.41) is 16.6. The molecule has 0 saturated carbocycles. The molecule has 9 heteroatoms. The highest BCUT2D eigenvalue weighted by molar-refractivity contribution is 6.30. The fourth-order valence-corrected chi connectivity index (χ4v) is 3.67. The van der Waals surface area contributed by atoms with Crippen LogP contribution in [-0.4, -0.2) is 32.5 Å². The van der Waals surface area contributed by atoms with Crippen LogP contribution in [0.3, 0.4) is 0 Å². The van der Waals surface area contributed by atoms with Crippen molar-refractivity contribution in [2.24, 2.45) is 0 Å². The van der Waals surface area contributed by atoms with Crippen molar-refractivity contribution in [2.75, 3.05) is 6.54 Å². The highest BCUT2D eigenvalue weighted by Crippen LogP contribution is 2.30. The number of halogens is 1. The number of aryl methyl sites for hydroxylation is 1. The van der Waals surface area contributed by atoms with E-state index in [0.29, 0.717) is 53.0 Å². The number of H-pyrrole nitrogens is 2. The minimum absolute atomic E-state index is 0.0596. The van der Waals surface area contributed by atoms with Gasteiger partial charge < -0.3 is 14.6 Å². The van der Waals surface area contributed by atoms with Crippen LogP contribution in [0.1, 0.15) is 28.2 Å². The Morgan fingerprint density at radius 2 is 2.20 bits per heavy atom. The Balaban J connectivity index is 1.52. The molecule has 2 aromatic heterocycles. The molecule has 0 bridgehead atoms. The van der Waals surface area contributed by atoms with E-state index in [-0.39, 0.29) is 17.9 Å². The predicted molar refractivity (Wildman–Crippen MR) is 109 cm³/mol. The van der Waals surface area contributed by atoms with Crippen LogP contribution in [-0.2, 0) is 24.2 Å². The van der Waals surface area contributed by atoms with Gasteiger partial charge in [0.15, 0.2) is 5.75 Å². The Hall–Kier alpha value is -3.57. The molecule has 3 aromatic rings. The number of nitriles is 1. The van der Waals surface area contributed by atoms with Crippen molar-refractivity contribution in [3.8, 4) is 17.6 Å². The third-order valence-electron chi connectivity index (χ3n) is 4.94. The molecular weight excluding hydrogens is 406 g/mol. The SMILES string of the molecule is Cc1[nH]nc(CC(=O)N2CCc3[nH]c(=O)ccc3C2)c1Oc1cc(Cl)cc(C#N)c1. The number of aromatic amines is 2.